The molecule has 4 heteroatoms. The molecule has 0 fully saturated rings. The minimum atomic E-state index is -0.00287. The van der Waals surface area contributed by atoms with E-state index in [9.17, 15) is 4.79 Å². The van der Waals surface area contributed by atoms with Crippen LogP contribution in [0, 0.1) is 0 Å². The van der Waals surface area contributed by atoms with Crippen molar-refractivity contribution >= 4 is 17.5 Å². The minimum Gasteiger partial charge on any atom is -0.345 e. The van der Waals surface area contributed by atoms with E-state index in [-0.39, 0.29) is 5.91 Å². The SMILES string of the molecule is CCN(C)C(=O)c1cc(Cl)cn1C. The number of rotatable bonds is 2. The van der Waals surface area contributed by atoms with Gasteiger partial charge in [0.1, 0.15) is 5.69 Å². The number of nitrogens with zero attached hydrogens (tertiary/aromatic N) is 2. The van der Waals surface area contributed by atoms with Crippen molar-refractivity contribution in [1.82, 2.24) is 9.47 Å². The zero-order valence-corrected chi connectivity index (χ0v) is 8.80. The maximum atomic E-state index is 11.7. The molecule has 0 aromatic carbocycles. The number of carbonyl (C=O) groups excluding carboxylic acids is 1. The van der Waals surface area contributed by atoms with Gasteiger partial charge in [0.2, 0.25) is 0 Å². The standard InChI is InChI=1S/C9H13ClN2O/c1-4-11(2)9(13)8-5-7(10)6-12(8)3/h5-6H,4H2,1-3H3. The third kappa shape index (κ3) is 2.04. The first-order valence-electron chi connectivity index (χ1n) is 4.13. The highest BCUT2D eigenvalue weighted by Gasteiger charge is 2.13. The van der Waals surface area contributed by atoms with Gasteiger partial charge in [-0.1, -0.05) is 11.6 Å². The Morgan fingerprint density at radius 3 is 2.69 bits per heavy atom. The summed E-state index contributed by atoms with van der Waals surface area (Å²) in [6.07, 6.45) is 1.72. The maximum Gasteiger partial charge on any atom is 0.270 e. The van der Waals surface area contributed by atoms with Gasteiger partial charge in [-0.05, 0) is 13.0 Å². The molecule has 3 nitrogen and oxygen atoms in total. The Bertz CT molecular complexity index is 319. The Balaban J connectivity index is 2.94. The number of aryl methyl sites for hydroxylation is 1. The lowest BCUT2D eigenvalue weighted by molar-refractivity contribution is 0.0793. The predicted molar refractivity (Wildman–Crippen MR) is 53.1 cm³/mol. The van der Waals surface area contributed by atoms with E-state index in [1.807, 2.05) is 14.0 Å². The van der Waals surface area contributed by atoms with Gasteiger partial charge in [-0.25, -0.2) is 0 Å². The monoisotopic (exact) mass is 200 g/mol. The molecule has 0 aliphatic carbocycles. The number of carbonyl (C=O) groups is 1. The Hall–Kier alpha value is -0.960. The molecule has 13 heavy (non-hydrogen) atoms. The molecule has 1 aromatic heterocycles. The average Bonchev–Trinajstić information content (AvgIpc) is 2.42. The summed E-state index contributed by atoms with van der Waals surface area (Å²) in [5, 5.41) is 0.593. The van der Waals surface area contributed by atoms with E-state index in [4.69, 9.17) is 11.6 Å². The second-order valence-corrected chi connectivity index (χ2v) is 3.41. The highest BCUT2D eigenvalue weighted by Crippen LogP contribution is 2.13. The molecule has 0 spiro atoms. The second kappa shape index (κ2) is 3.83. The van der Waals surface area contributed by atoms with Gasteiger partial charge in [0, 0.05) is 26.8 Å². The van der Waals surface area contributed by atoms with Crippen LogP contribution in [0.2, 0.25) is 5.02 Å². The molecular formula is C9H13ClN2O. The third-order valence-corrected chi connectivity index (χ3v) is 2.22. The number of aromatic nitrogens is 1. The summed E-state index contributed by atoms with van der Waals surface area (Å²) in [5.74, 6) is -0.00287. The molecule has 1 aromatic rings. The van der Waals surface area contributed by atoms with Crippen molar-refractivity contribution in [2.75, 3.05) is 13.6 Å². The lowest BCUT2D eigenvalue weighted by Gasteiger charge is -2.14. The molecule has 0 atom stereocenters. The third-order valence-electron chi connectivity index (χ3n) is 2.01. The summed E-state index contributed by atoms with van der Waals surface area (Å²) in [6, 6.07) is 1.68. The van der Waals surface area contributed by atoms with Crippen LogP contribution in [0.3, 0.4) is 0 Å². The molecule has 0 saturated carbocycles. The second-order valence-electron chi connectivity index (χ2n) is 2.97. The van der Waals surface area contributed by atoms with Crippen LogP contribution in [-0.2, 0) is 7.05 Å². The van der Waals surface area contributed by atoms with Gasteiger partial charge in [0.05, 0.1) is 5.02 Å². The molecule has 0 aliphatic heterocycles. The van der Waals surface area contributed by atoms with Crippen LogP contribution in [0.5, 0.6) is 0 Å². The van der Waals surface area contributed by atoms with Crippen molar-refractivity contribution in [3.05, 3.63) is 23.0 Å². The van der Waals surface area contributed by atoms with Gasteiger partial charge in [0.15, 0.2) is 0 Å². The molecule has 72 valence electrons. The molecule has 0 aliphatic rings. The minimum absolute atomic E-state index is 0.00287. The smallest absolute Gasteiger partial charge is 0.270 e. The van der Waals surface area contributed by atoms with Gasteiger partial charge >= 0.3 is 0 Å². The van der Waals surface area contributed by atoms with Crippen molar-refractivity contribution in [2.45, 2.75) is 6.92 Å². The van der Waals surface area contributed by atoms with E-state index in [0.29, 0.717) is 17.3 Å². The van der Waals surface area contributed by atoms with Crippen LogP contribution >= 0.6 is 11.6 Å². The number of amides is 1. The van der Waals surface area contributed by atoms with E-state index >= 15 is 0 Å². The summed E-state index contributed by atoms with van der Waals surface area (Å²) in [4.78, 5) is 13.3. The predicted octanol–water partition coefficient (Wildman–Crippen LogP) is 1.77. The summed E-state index contributed by atoms with van der Waals surface area (Å²) >= 11 is 5.77. The Labute approximate surface area is 82.9 Å². The van der Waals surface area contributed by atoms with Crippen molar-refractivity contribution < 1.29 is 4.79 Å². The average molecular weight is 201 g/mol. The zero-order valence-electron chi connectivity index (χ0n) is 8.04. The molecule has 0 unspecified atom stereocenters. The largest absolute Gasteiger partial charge is 0.345 e. The summed E-state index contributed by atoms with van der Waals surface area (Å²) in [5.41, 5.74) is 0.620. The summed E-state index contributed by atoms with van der Waals surface area (Å²) in [6.45, 7) is 2.63. The van der Waals surface area contributed by atoms with Gasteiger partial charge in [-0.2, -0.15) is 0 Å². The first-order chi connectivity index (χ1) is 6.06. The quantitative estimate of drug-likeness (QED) is 0.715. The van der Waals surface area contributed by atoms with Gasteiger partial charge < -0.3 is 9.47 Å². The van der Waals surface area contributed by atoms with Crippen molar-refractivity contribution in [1.29, 1.82) is 0 Å². The molecule has 0 saturated heterocycles. The highest BCUT2D eigenvalue weighted by molar-refractivity contribution is 6.31. The Morgan fingerprint density at radius 2 is 2.31 bits per heavy atom. The summed E-state index contributed by atoms with van der Waals surface area (Å²) < 4.78 is 1.73. The Kier molecular flexibility index (Phi) is 2.98. The molecule has 1 amide bonds. The first-order valence-corrected chi connectivity index (χ1v) is 4.51. The fraction of sp³-hybridized carbons (Fsp3) is 0.444. The van der Waals surface area contributed by atoms with Crippen LogP contribution in [0.25, 0.3) is 0 Å². The van der Waals surface area contributed by atoms with E-state index in [1.54, 1.807) is 28.8 Å². The topological polar surface area (TPSA) is 25.2 Å². The van der Waals surface area contributed by atoms with Crippen LogP contribution in [0.4, 0.5) is 0 Å². The molecule has 0 bridgehead atoms. The van der Waals surface area contributed by atoms with Gasteiger partial charge in [0.25, 0.3) is 5.91 Å². The van der Waals surface area contributed by atoms with Crippen LogP contribution in [0.15, 0.2) is 12.3 Å². The van der Waals surface area contributed by atoms with Crippen molar-refractivity contribution in [3.63, 3.8) is 0 Å². The number of hydrogen-bond acceptors (Lipinski definition) is 1. The lowest BCUT2D eigenvalue weighted by Crippen LogP contribution is -2.27. The normalized spacial score (nSPS) is 10.2. The van der Waals surface area contributed by atoms with Crippen LogP contribution in [0.1, 0.15) is 17.4 Å². The lowest BCUT2D eigenvalue weighted by atomic mass is 10.3. The highest BCUT2D eigenvalue weighted by atomic mass is 35.5. The molecular weight excluding hydrogens is 188 g/mol. The fourth-order valence-electron chi connectivity index (χ4n) is 1.08. The van der Waals surface area contributed by atoms with Crippen LogP contribution in [-0.4, -0.2) is 29.0 Å². The van der Waals surface area contributed by atoms with Gasteiger partial charge in [-0.15, -0.1) is 0 Å². The molecule has 1 heterocycles. The van der Waals surface area contributed by atoms with Crippen molar-refractivity contribution in [3.8, 4) is 0 Å². The molecule has 0 radical (unpaired) electrons. The first kappa shape index (κ1) is 10.1. The van der Waals surface area contributed by atoms with Gasteiger partial charge in [-0.3, -0.25) is 4.79 Å². The number of halogens is 1. The van der Waals surface area contributed by atoms with Crippen molar-refractivity contribution in [2.24, 2.45) is 7.05 Å². The summed E-state index contributed by atoms with van der Waals surface area (Å²) in [7, 11) is 3.58. The van der Waals surface area contributed by atoms with E-state index < -0.39 is 0 Å². The maximum absolute atomic E-state index is 11.7. The fourth-order valence-corrected chi connectivity index (χ4v) is 1.33. The van der Waals surface area contributed by atoms with E-state index in [0.717, 1.165) is 0 Å². The molecule has 0 N–H and O–H groups in total. The van der Waals surface area contributed by atoms with Crippen LogP contribution < -0.4 is 0 Å². The van der Waals surface area contributed by atoms with E-state index in [1.165, 1.54) is 0 Å². The Morgan fingerprint density at radius 1 is 1.69 bits per heavy atom. The van der Waals surface area contributed by atoms with E-state index in [2.05, 4.69) is 0 Å². The number of hydrogen-bond donors (Lipinski definition) is 0. The molecule has 1 rings (SSSR count). The zero-order chi connectivity index (χ0) is 10.0.